The second-order valence-corrected chi connectivity index (χ2v) is 5.71. The lowest BCUT2D eigenvalue weighted by Gasteiger charge is -2.22. The second-order valence-electron chi connectivity index (χ2n) is 5.71. The van der Waals surface area contributed by atoms with Gasteiger partial charge in [0.2, 0.25) is 5.91 Å². The van der Waals surface area contributed by atoms with Crippen LogP contribution in [-0.4, -0.2) is 26.1 Å². The molecule has 0 radical (unpaired) electrons. The largest absolute Gasteiger partial charge is 0.496 e. The highest BCUT2D eigenvalue weighted by Gasteiger charge is 2.21. The molecule has 1 amide bonds. The summed E-state index contributed by atoms with van der Waals surface area (Å²) in [5.41, 5.74) is 1.04. The van der Waals surface area contributed by atoms with Crippen LogP contribution in [0.4, 0.5) is 0 Å². The van der Waals surface area contributed by atoms with Gasteiger partial charge in [0.1, 0.15) is 5.75 Å². The first-order valence-corrected chi connectivity index (χ1v) is 7.82. The normalized spacial score (nSPS) is 15.0. The molecule has 1 heterocycles. The number of hydrogen-bond acceptors (Lipinski definition) is 3. The van der Waals surface area contributed by atoms with E-state index in [0.29, 0.717) is 6.54 Å². The predicted octanol–water partition coefficient (Wildman–Crippen LogP) is 2.89. The first-order valence-electron chi connectivity index (χ1n) is 7.82. The Bertz CT molecular complexity index is 669. The third kappa shape index (κ3) is 3.95. The lowest BCUT2D eigenvalue weighted by atomic mass is 9.97. The zero-order valence-corrected chi connectivity index (χ0v) is 14.1. The van der Waals surface area contributed by atoms with Gasteiger partial charge in [-0.2, -0.15) is 0 Å². The summed E-state index contributed by atoms with van der Waals surface area (Å²) in [4.78, 5) is 12.3. The molecule has 2 aromatic carbocycles. The highest BCUT2D eigenvalue weighted by molar-refractivity contribution is 5.88. The fraction of sp³-hybridized carbons (Fsp3) is 0.389. The molecule has 4 nitrogen and oxygen atoms in total. The molecule has 1 fully saturated rings. The number of hydrogen-bond donors (Lipinski definition) is 2. The predicted molar refractivity (Wildman–Crippen MR) is 95.2 cm³/mol. The summed E-state index contributed by atoms with van der Waals surface area (Å²) in [6, 6.07) is 12.2. The molecule has 23 heavy (non-hydrogen) atoms. The topological polar surface area (TPSA) is 50.4 Å². The molecule has 0 aliphatic carbocycles. The van der Waals surface area contributed by atoms with E-state index in [1.165, 1.54) is 0 Å². The van der Waals surface area contributed by atoms with E-state index in [9.17, 15) is 4.79 Å². The number of ether oxygens (including phenoxy) is 1. The van der Waals surface area contributed by atoms with E-state index in [1.54, 1.807) is 7.11 Å². The van der Waals surface area contributed by atoms with Gasteiger partial charge in [0, 0.05) is 18.0 Å². The van der Waals surface area contributed by atoms with Gasteiger partial charge in [0.25, 0.3) is 0 Å². The summed E-state index contributed by atoms with van der Waals surface area (Å²) in [6.45, 7) is 2.36. The molecule has 0 bridgehead atoms. The molecule has 2 aromatic rings. The van der Waals surface area contributed by atoms with Crippen molar-refractivity contribution in [1.29, 1.82) is 0 Å². The molecule has 2 N–H and O–H groups in total. The summed E-state index contributed by atoms with van der Waals surface area (Å²) in [6.07, 6.45) is 1.83. The number of rotatable bonds is 4. The standard InChI is InChI=1S/C18H22N2O2.ClH/c1-22-17-7-6-13-4-2-3-5-15(13)16(17)12-20-18(21)14-8-10-19-11-9-14;/h2-7,14,19H,8-12H2,1H3,(H,20,21);1H. The van der Waals surface area contributed by atoms with Crippen LogP contribution in [0, 0.1) is 5.92 Å². The number of fused-ring (bicyclic) bond motifs is 1. The molecule has 5 heteroatoms. The second kappa shape index (κ2) is 8.18. The summed E-state index contributed by atoms with van der Waals surface area (Å²) in [7, 11) is 1.67. The third-order valence-corrected chi connectivity index (χ3v) is 4.37. The average molecular weight is 335 g/mol. The van der Waals surface area contributed by atoms with E-state index in [0.717, 1.165) is 48.0 Å². The summed E-state index contributed by atoms with van der Waals surface area (Å²) in [5.74, 6) is 1.10. The van der Waals surface area contributed by atoms with Gasteiger partial charge in [0.05, 0.1) is 7.11 Å². The molecular weight excluding hydrogens is 312 g/mol. The van der Waals surface area contributed by atoms with Crippen LogP contribution in [0.2, 0.25) is 0 Å². The maximum Gasteiger partial charge on any atom is 0.223 e. The van der Waals surface area contributed by atoms with E-state index in [4.69, 9.17) is 4.74 Å². The SMILES string of the molecule is COc1ccc2ccccc2c1CNC(=O)C1CCNCC1.Cl. The summed E-state index contributed by atoms with van der Waals surface area (Å²) >= 11 is 0. The molecule has 1 aliphatic rings. The van der Waals surface area contributed by atoms with Crippen LogP contribution in [0.3, 0.4) is 0 Å². The Kier molecular flexibility index (Phi) is 6.25. The molecule has 0 saturated carbocycles. The smallest absolute Gasteiger partial charge is 0.223 e. The van der Waals surface area contributed by atoms with E-state index < -0.39 is 0 Å². The molecular formula is C18H23ClN2O2. The number of piperidine rings is 1. The minimum absolute atomic E-state index is 0. The molecule has 3 rings (SSSR count). The third-order valence-electron chi connectivity index (χ3n) is 4.37. The van der Waals surface area contributed by atoms with Gasteiger partial charge in [-0.1, -0.05) is 30.3 Å². The van der Waals surface area contributed by atoms with Crippen LogP contribution in [0.25, 0.3) is 10.8 Å². The van der Waals surface area contributed by atoms with Crippen LogP contribution in [0.5, 0.6) is 5.75 Å². The van der Waals surface area contributed by atoms with Crippen LogP contribution < -0.4 is 15.4 Å². The van der Waals surface area contributed by atoms with Gasteiger partial charge in [-0.3, -0.25) is 4.79 Å². The Morgan fingerprint density at radius 1 is 1.22 bits per heavy atom. The van der Waals surface area contributed by atoms with Gasteiger partial charge < -0.3 is 15.4 Å². The molecule has 0 spiro atoms. The molecule has 0 atom stereocenters. The quantitative estimate of drug-likeness (QED) is 0.904. The summed E-state index contributed by atoms with van der Waals surface area (Å²) < 4.78 is 5.47. The fourth-order valence-electron chi connectivity index (χ4n) is 3.09. The Hall–Kier alpha value is -1.78. The maximum atomic E-state index is 12.3. The number of benzene rings is 2. The number of nitrogens with one attached hydrogen (secondary N) is 2. The zero-order valence-electron chi connectivity index (χ0n) is 13.3. The molecule has 0 unspecified atom stereocenters. The van der Waals surface area contributed by atoms with E-state index in [-0.39, 0.29) is 24.2 Å². The van der Waals surface area contributed by atoms with E-state index >= 15 is 0 Å². The van der Waals surface area contributed by atoms with Crippen molar-refractivity contribution < 1.29 is 9.53 Å². The minimum atomic E-state index is 0. The maximum absolute atomic E-state index is 12.3. The van der Waals surface area contributed by atoms with Crippen molar-refractivity contribution in [3.05, 3.63) is 42.0 Å². The molecule has 0 aromatic heterocycles. The van der Waals surface area contributed by atoms with Gasteiger partial charge in [-0.25, -0.2) is 0 Å². The van der Waals surface area contributed by atoms with Crippen molar-refractivity contribution >= 4 is 29.1 Å². The van der Waals surface area contributed by atoms with Crippen molar-refractivity contribution in [2.75, 3.05) is 20.2 Å². The Labute approximate surface area is 143 Å². The van der Waals surface area contributed by atoms with Crippen molar-refractivity contribution in [2.45, 2.75) is 19.4 Å². The van der Waals surface area contributed by atoms with Crippen molar-refractivity contribution in [3.8, 4) is 5.75 Å². The Balaban J connectivity index is 0.00000192. The number of carbonyl (C=O) groups excluding carboxylic acids is 1. The molecule has 1 saturated heterocycles. The number of amides is 1. The van der Waals surface area contributed by atoms with Crippen molar-refractivity contribution in [3.63, 3.8) is 0 Å². The van der Waals surface area contributed by atoms with Crippen LogP contribution >= 0.6 is 12.4 Å². The lowest BCUT2D eigenvalue weighted by molar-refractivity contribution is -0.125. The molecule has 1 aliphatic heterocycles. The van der Waals surface area contributed by atoms with Gasteiger partial charge in [0.15, 0.2) is 0 Å². The van der Waals surface area contributed by atoms with Crippen molar-refractivity contribution in [1.82, 2.24) is 10.6 Å². The van der Waals surface area contributed by atoms with E-state index in [1.807, 2.05) is 24.3 Å². The number of carbonyl (C=O) groups is 1. The van der Waals surface area contributed by atoms with Gasteiger partial charge in [-0.05, 0) is 42.8 Å². The Morgan fingerprint density at radius 3 is 2.70 bits per heavy atom. The monoisotopic (exact) mass is 334 g/mol. The first-order chi connectivity index (χ1) is 10.8. The average Bonchev–Trinajstić information content (AvgIpc) is 2.60. The van der Waals surface area contributed by atoms with Crippen molar-refractivity contribution in [2.24, 2.45) is 5.92 Å². The molecule has 124 valence electrons. The summed E-state index contributed by atoms with van der Waals surface area (Å²) in [5, 5.41) is 8.67. The van der Waals surface area contributed by atoms with Crippen LogP contribution in [0.1, 0.15) is 18.4 Å². The fourth-order valence-corrected chi connectivity index (χ4v) is 3.09. The lowest BCUT2D eigenvalue weighted by Crippen LogP contribution is -2.37. The Morgan fingerprint density at radius 2 is 1.96 bits per heavy atom. The van der Waals surface area contributed by atoms with Gasteiger partial charge in [-0.15, -0.1) is 12.4 Å². The number of methoxy groups -OCH3 is 1. The number of halogens is 1. The van der Waals surface area contributed by atoms with Crippen LogP contribution in [-0.2, 0) is 11.3 Å². The zero-order chi connectivity index (χ0) is 15.4. The highest BCUT2D eigenvalue weighted by atomic mass is 35.5. The van der Waals surface area contributed by atoms with Gasteiger partial charge >= 0.3 is 0 Å². The van der Waals surface area contributed by atoms with E-state index in [2.05, 4.69) is 22.8 Å². The van der Waals surface area contributed by atoms with Crippen LogP contribution in [0.15, 0.2) is 36.4 Å². The highest BCUT2D eigenvalue weighted by Crippen LogP contribution is 2.28. The minimum Gasteiger partial charge on any atom is -0.496 e. The first kappa shape index (κ1) is 17.6.